The van der Waals surface area contributed by atoms with Gasteiger partial charge in [-0.2, -0.15) is 0 Å². The second-order valence-corrected chi connectivity index (χ2v) is 5.32. The van der Waals surface area contributed by atoms with E-state index in [9.17, 15) is 9.90 Å². The van der Waals surface area contributed by atoms with Crippen LogP contribution in [0.2, 0.25) is 5.02 Å². The third-order valence-electron chi connectivity index (χ3n) is 3.34. The molecule has 0 saturated carbocycles. The van der Waals surface area contributed by atoms with E-state index in [0.29, 0.717) is 24.4 Å². The average molecular weight is 284 g/mol. The predicted octanol–water partition coefficient (Wildman–Crippen LogP) is 2.80. The summed E-state index contributed by atoms with van der Waals surface area (Å²) in [5, 5.41) is 13.2. The second kappa shape index (κ2) is 8.18. The number of benzene rings is 1. The Bertz CT molecular complexity index is 409. The van der Waals surface area contributed by atoms with Crippen LogP contribution in [0.4, 0.5) is 0 Å². The summed E-state index contributed by atoms with van der Waals surface area (Å²) >= 11 is 5.88. The van der Waals surface area contributed by atoms with Crippen molar-refractivity contribution >= 4 is 17.5 Å². The molecular formula is C15H22ClNO2. The molecular weight excluding hydrogens is 262 g/mol. The number of aliphatic hydroxyl groups is 1. The zero-order valence-electron chi connectivity index (χ0n) is 11.5. The number of hydrogen-bond donors (Lipinski definition) is 2. The Morgan fingerprint density at radius 2 is 2.21 bits per heavy atom. The Morgan fingerprint density at radius 1 is 1.47 bits per heavy atom. The normalized spacial score (nSPS) is 13.9. The smallest absolute Gasteiger partial charge is 0.220 e. The van der Waals surface area contributed by atoms with E-state index in [0.717, 1.165) is 12.0 Å². The number of aliphatic hydroxyl groups excluding tert-OH is 1. The van der Waals surface area contributed by atoms with E-state index in [2.05, 4.69) is 5.32 Å². The van der Waals surface area contributed by atoms with E-state index in [1.54, 1.807) is 0 Å². The van der Waals surface area contributed by atoms with Gasteiger partial charge in [0.25, 0.3) is 0 Å². The summed E-state index contributed by atoms with van der Waals surface area (Å²) in [5.41, 5.74) is 1.05. The highest BCUT2D eigenvalue weighted by molar-refractivity contribution is 6.30. The summed E-state index contributed by atoms with van der Waals surface area (Å²) in [6.07, 6.45) is 1.50. The lowest BCUT2D eigenvalue weighted by molar-refractivity contribution is -0.121. The zero-order chi connectivity index (χ0) is 14.3. The number of carbonyl (C=O) groups excluding carboxylic acids is 1. The van der Waals surface area contributed by atoms with Gasteiger partial charge < -0.3 is 10.4 Å². The molecule has 0 aliphatic heterocycles. The Hall–Kier alpha value is -1.06. The summed E-state index contributed by atoms with van der Waals surface area (Å²) in [6.45, 7) is 4.32. The van der Waals surface area contributed by atoms with Crippen molar-refractivity contribution in [2.75, 3.05) is 6.54 Å². The molecule has 19 heavy (non-hydrogen) atoms. The minimum Gasteiger partial charge on any atom is -0.391 e. The first-order valence-corrected chi connectivity index (χ1v) is 7.10. The van der Waals surface area contributed by atoms with Gasteiger partial charge in [0.2, 0.25) is 5.91 Å². The fourth-order valence-electron chi connectivity index (χ4n) is 1.73. The molecule has 106 valence electrons. The Morgan fingerprint density at radius 3 is 2.84 bits per heavy atom. The quantitative estimate of drug-likeness (QED) is 0.808. The highest BCUT2D eigenvalue weighted by Crippen LogP contribution is 2.12. The minimum atomic E-state index is -0.472. The molecule has 0 radical (unpaired) electrons. The van der Waals surface area contributed by atoms with Crippen LogP contribution in [0, 0.1) is 5.92 Å². The molecule has 0 aromatic heterocycles. The van der Waals surface area contributed by atoms with Gasteiger partial charge in [0, 0.05) is 18.0 Å². The maximum atomic E-state index is 11.7. The first-order chi connectivity index (χ1) is 9.02. The van der Waals surface area contributed by atoms with E-state index in [1.165, 1.54) is 0 Å². The Labute approximate surface area is 120 Å². The lowest BCUT2D eigenvalue weighted by Gasteiger charge is -2.17. The van der Waals surface area contributed by atoms with E-state index < -0.39 is 6.10 Å². The predicted molar refractivity (Wildman–Crippen MR) is 78.2 cm³/mol. The van der Waals surface area contributed by atoms with Gasteiger partial charge in [-0.1, -0.05) is 44.0 Å². The van der Waals surface area contributed by atoms with Crippen LogP contribution >= 0.6 is 11.6 Å². The topological polar surface area (TPSA) is 49.3 Å². The molecule has 2 unspecified atom stereocenters. The lowest BCUT2D eigenvalue weighted by Crippen LogP contribution is -2.35. The standard InChI is InChI=1S/C15H22ClNO2/c1-3-11(2)14(18)10-17-15(19)8-7-12-5-4-6-13(16)9-12/h4-6,9,11,14,18H,3,7-8,10H2,1-2H3,(H,17,19). The molecule has 0 heterocycles. The molecule has 1 aromatic rings. The van der Waals surface area contributed by atoms with Gasteiger partial charge in [0.05, 0.1) is 6.10 Å². The van der Waals surface area contributed by atoms with Crippen molar-refractivity contribution in [3.05, 3.63) is 34.9 Å². The van der Waals surface area contributed by atoms with Crippen molar-refractivity contribution in [2.24, 2.45) is 5.92 Å². The number of hydrogen-bond acceptors (Lipinski definition) is 2. The number of aryl methyl sites for hydroxylation is 1. The summed E-state index contributed by atoms with van der Waals surface area (Å²) < 4.78 is 0. The van der Waals surface area contributed by atoms with Gasteiger partial charge >= 0.3 is 0 Å². The van der Waals surface area contributed by atoms with E-state index >= 15 is 0 Å². The van der Waals surface area contributed by atoms with Crippen LogP contribution in [0.1, 0.15) is 32.3 Å². The number of carbonyl (C=O) groups is 1. The van der Waals surface area contributed by atoms with Crippen molar-refractivity contribution < 1.29 is 9.90 Å². The molecule has 0 saturated heterocycles. The molecule has 0 aliphatic carbocycles. The third-order valence-corrected chi connectivity index (χ3v) is 3.57. The molecule has 1 rings (SSSR count). The summed E-state index contributed by atoms with van der Waals surface area (Å²) in [5.74, 6) is 0.163. The van der Waals surface area contributed by atoms with Crippen LogP contribution in [0.15, 0.2) is 24.3 Å². The molecule has 3 nitrogen and oxygen atoms in total. The summed E-state index contributed by atoms with van der Waals surface area (Å²) in [4.78, 5) is 11.7. The summed E-state index contributed by atoms with van der Waals surface area (Å²) in [6, 6.07) is 7.51. The van der Waals surface area contributed by atoms with Crippen molar-refractivity contribution in [3.8, 4) is 0 Å². The van der Waals surface area contributed by atoms with Crippen LogP contribution in [-0.2, 0) is 11.2 Å². The SMILES string of the molecule is CCC(C)C(O)CNC(=O)CCc1cccc(Cl)c1. The van der Waals surface area contributed by atoms with Crippen LogP contribution in [0.3, 0.4) is 0 Å². The molecule has 1 aromatic carbocycles. The van der Waals surface area contributed by atoms with E-state index in [1.807, 2.05) is 38.1 Å². The van der Waals surface area contributed by atoms with Crippen LogP contribution in [-0.4, -0.2) is 23.7 Å². The first-order valence-electron chi connectivity index (χ1n) is 6.72. The zero-order valence-corrected chi connectivity index (χ0v) is 12.3. The van der Waals surface area contributed by atoms with Gasteiger partial charge in [-0.25, -0.2) is 0 Å². The number of rotatable bonds is 7. The average Bonchev–Trinajstić information content (AvgIpc) is 2.41. The highest BCUT2D eigenvalue weighted by Gasteiger charge is 2.13. The summed E-state index contributed by atoms with van der Waals surface area (Å²) in [7, 11) is 0. The maximum absolute atomic E-state index is 11.7. The molecule has 0 spiro atoms. The van der Waals surface area contributed by atoms with Crippen molar-refractivity contribution in [3.63, 3.8) is 0 Å². The molecule has 0 aliphatic rings. The largest absolute Gasteiger partial charge is 0.391 e. The number of nitrogens with one attached hydrogen (secondary N) is 1. The first kappa shape index (κ1) is 16.0. The van der Waals surface area contributed by atoms with Crippen molar-refractivity contribution in [2.45, 2.75) is 39.2 Å². The minimum absolute atomic E-state index is 0.0395. The van der Waals surface area contributed by atoms with E-state index in [-0.39, 0.29) is 11.8 Å². The fraction of sp³-hybridized carbons (Fsp3) is 0.533. The molecule has 0 bridgehead atoms. The third kappa shape index (κ3) is 6.08. The van der Waals surface area contributed by atoms with Crippen LogP contribution in [0.5, 0.6) is 0 Å². The molecule has 2 atom stereocenters. The highest BCUT2D eigenvalue weighted by atomic mass is 35.5. The van der Waals surface area contributed by atoms with Crippen LogP contribution < -0.4 is 5.32 Å². The van der Waals surface area contributed by atoms with Gasteiger partial charge in [-0.3, -0.25) is 4.79 Å². The second-order valence-electron chi connectivity index (χ2n) is 4.89. The van der Waals surface area contributed by atoms with Crippen molar-refractivity contribution in [1.29, 1.82) is 0 Å². The van der Waals surface area contributed by atoms with Gasteiger partial charge in [0.15, 0.2) is 0 Å². The lowest BCUT2D eigenvalue weighted by atomic mass is 10.0. The van der Waals surface area contributed by atoms with Gasteiger partial charge in [-0.15, -0.1) is 0 Å². The Kier molecular flexibility index (Phi) is 6.89. The maximum Gasteiger partial charge on any atom is 0.220 e. The van der Waals surface area contributed by atoms with Crippen molar-refractivity contribution in [1.82, 2.24) is 5.32 Å². The van der Waals surface area contributed by atoms with E-state index in [4.69, 9.17) is 11.6 Å². The molecule has 0 fully saturated rings. The number of halogens is 1. The van der Waals surface area contributed by atoms with Gasteiger partial charge in [-0.05, 0) is 30.0 Å². The van der Waals surface area contributed by atoms with Gasteiger partial charge in [0.1, 0.15) is 0 Å². The molecule has 4 heteroatoms. The molecule has 1 amide bonds. The Balaban J connectivity index is 2.28. The monoisotopic (exact) mass is 283 g/mol. The molecule has 2 N–H and O–H groups in total. The number of amides is 1. The van der Waals surface area contributed by atoms with Crippen LogP contribution in [0.25, 0.3) is 0 Å². The fourth-order valence-corrected chi connectivity index (χ4v) is 1.94.